The molecule has 0 atom stereocenters. The zero-order valence-electron chi connectivity index (χ0n) is 23.1. The second-order valence-corrected chi connectivity index (χ2v) is 14.4. The van der Waals surface area contributed by atoms with Crippen LogP contribution >= 0.6 is 7.14 Å². The highest BCUT2D eigenvalue weighted by Crippen LogP contribution is 2.51. The minimum atomic E-state index is -3.11. The van der Waals surface area contributed by atoms with Gasteiger partial charge in [-0.05, 0) is 72.8 Å². The summed E-state index contributed by atoms with van der Waals surface area (Å²) < 4.78 is 15.3. The third-order valence-electron chi connectivity index (χ3n) is 9.13. The lowest BCUT2D eigenvalue weighted by Crippen LogP contribution is -2.24. The Morgan fingerprint density at radius 3 is 1.61 bits per heavy atom. The fourth-order valence-corrected chi connectivity index (χ4v) is 9.73. The van der Waals surface area contributed by atoms with E-state index in [0.29, 0.717) is 0 Å². The molecule has 2 heteroatoms. The summed E-state index contributed by atoms with van der Waals surface area (Å²) in [4.78, 5) is 0. The molecule has 0 saturated heterocycles. The van der Waals surface area contributed by atoms with Gasteiger partial charge in [0.15, 0.2) is 7.14 Å². The predicted octanol–water partition coefficient (Wildman–Crippen LogP) is 9.09. The molecule has 1 aliphatic rings. The summed E-state index contributed by atoms with van der Waals surface area (Å²) in [5.74, 6) is 0. The fourth-order valence-electron chi connectivity index (χ4n) is 7.06. The Morgan fingerprint density at radius 2 is 0.927 bits per heavy atom. The van der Waals surface area contributed by atoms with E-state index in [1.165, 1.54) is 49.2 Å². The molecule has 1 aliphatic carbocycles. The molecule has 0 amide bonds. The first-order chi connectivity index (χ1) is 20.0. The van der Waals surface area contributed by atoms with Crippen molar-refractivity contribution in [2.75, 3.05) is 0 Å². The number of hydrogen-bond acceptors (Lipinski definition) is 1. The number of benzene rings is 7. The smallest absolute Gasteiger partial charge is 0.171 e. The summed E-state index contributed by atoms with van der Waals surface area (Å²) in [6, 6.07) is 48.8. The van der Waals surface area contributed by atoms with Gasteiger partial charge in [0.05, 0.1) is 0 Å². The van der Waals surface area contributed by atoms with Crippen molar-refractivity contribution in [2.45, 2.75) is 19.3 Å². The van der Waals surface area contributed by atoms with Crippen molar-refractivity contribution in [3.63, 3.8) is 0 Å². The Morgan fingerprint density at radius 1 is 0.415 bits per heavy atom. The van der Waals surface area contributed by atoms with Gasteiger partial charge < -0.3 is 4.57 Å². The summed E-state index contributed by atoms with van der Waals surface area (Å²) in [6.45, 7) is 4.66. The van der Waals surface area contributed by atoms with Crippen LogP contribution in [-0.2, 0) is 9.98 Å². The van der Waals surface area contributed by atoms with Gasteiger partial charge in [-0.15, -0.1) is 0 Å². The molecule has 0 bridgehead atoms. The monoisotopic (exact) mass is 544 g/mol. The van der Waals surface area contributed by atoms with Gasteiger partial charge in [-0.3, -0.25) is 0 Å². The molecule has 0 N–H and O–H groups in total. The van der Waals surface area contributed by atoms with Crippen LogP contribution in [0.5, 0.6) is 0 Å². The Balaban J connectivity index is 1.50. The van der Waals surface area contributed by atoms with Gasteiger partial charge in [-0.25, -0.2) is 0 Å². The highest BCUT2D eigenvalue weighted by Gasteiger charge is 2.36. The van der Waals surface area contributed by atoms with Crippen LogP contribution in [0.25, 0.3) is 43.4 Å². The molecule has 0 fully saturated rings. The van der Waals surface area contributed by atoms with Crippen LogP contribution in [0.4, 0.5) is 0 Å². The maximum Gasteiger partial charge on any atom is 0.171 e. The molecule has 41 heavy (non-hydrogen) atoms. The fraction of sp³-hybridized carbons (Fsp3) is 0.0769. The van der Waals surface area contributed by atoms with Crippen molar-refractivity contribution >= 4 is 55.4 Å². The van der Waals surface area contributed by atoms with Crippen molar-refractivity contribution < 1.29 is 4.57 Å². The van der Waals surface area contributed by atoms with E-state index >= 15 is 4.57 Å². The van der Waals surface area contributed by atoms with Gasteiger partial charge in [-0.2, -0.15) is 0 Å². The maximum absolute atomic E-state index is 15.3. The first-order valence-corrected chi connectivity index (χ1v) is 15.9. The van der Waals surface area contributed by atoms with Crippen molar-refractivity contribution in [3.8, 4) is 11.1 Å². The number of fused-ring (bicyclic) bond motifs is 9. The highest BCUT2D eigenvalue weighted by atomic mass is 31.2. The molecule has 0 spiro atoms. The van der Waals surface area contributed by atoms with E-state index < -0.39 is 7.14 Å². The van der Waals surface area contributed by atoms with Gasteiger partial charge >= 0.3 is 0 Å². The van der Waals surface area contributed by atoms with Crippen molar-refractivity contribution in [1.82, 2.24) is 0 Å². The molecule has 7 aromatic carbocycles. The zero-order valence-corrected chi connectivity index (χ0v) is 24.0. The molecule has 7 aromatic rings. The first-order valence-electron chi connectivity index (χ1n) is 14.2. The molecule has 0 aliphatic heterocycles. The maximum atomic E-state index is 15.3. The van der Waals surface area contributed by atoms with Crippen LogP contribution in [-0.4, -0.2) is 0 Å². The minimum absolute atomic E-state index is 0.0981. The molecular weight excluding hydrogens is 515 g/mol. The van der Waals surface area contributed by atoms with Gasteiger partial charge in [0.2, 0.25) is 0 Å². The van der Waals surface area contributed by atoms with Crippen LogP contribution in [0.15, 0.2) is 140 Å². The van der Waals surface area contributed by atoms with E-state index in [4.69, 9.17) is 0 Å². The third-order valence-corrected chi connectivity index (χ3v) is 12.2. The molecule has 0 aromatic heterocycles. The molecule has 1 nitrogen and oxygen atoms in total. The molecule has 8 rings (SSSR count). The molecule has 0 heterocycles. The molecule has 196 valence electrons. The molecule has 0 unspecified atom stereocenters. The highest BCUT2D eigenvalue weighted by molar-refractivity contribution is 7.85. The quantitative estimate of drug-likeness (QED) is 0.160. The minimum Gasteiger partial charge on any atom is -0.309 e. The van der Waals surface area contributed by atoms with E-state index in [1.54, 1.807) is 0 Å². The summed E-state index contributed by atoms with van der Waals surface area (Å²) in [6.07, 6.45) is 0. The Hall–Kier alpha value is -4.45. The summed E-state index contributed by atoms with van der Waals surface area (Å²) in [7, 11) is -3.11. The average Bonchev–Trinajstić information content (AvgIpc) is 3.26. The largest absolute Gasteiger partial charge is 0.309 e. The van der Waals surface area contributed by atoms with Crippen LogP contribution in [0.1, 0.15) is 25.0 Å². The SMILES string of the molecule is CC1(C)c2ccccc2-c2cc3c4ccccc4c4ccc(P(=O)(c5ccccc5)c5ccccc5)cc4c3cc21. The molecule has 0 radical (unpaired) electrons. The van der Waals surface area contributed by atoms with Crippen LogP contribution in [0.2, 0.25) is 0 Å². The summed E-state index contributed by atoms with van der Waals surface area (Å²) in [5, 5.41) is 9.85. The zero-order chi connectivity index (χ0) is 27.8. The number of hydrogen-bond donors (Lipinski definition) is 0. The van der Waals surface area contributed by atoms with Crippen LogP contribution in [0.3, 0.4) is 0 Å². The van der Waals surface area contributed by atoms with Crippen LogP contribution in [0, 0.1) is 0 Å². The van der Waals surface area contributed by atoms with Gasteiger partial charge in [0.25, 0.3) is 0 Å². The van der Waals surface area contributed by atoms with E-state index in [1.807, 2.05) is 60.7 Å². The second kappa shape index (κ2) is 8.77. The van der Waals surface area contributed by atoms with Crippen molar-refractivity contribution in [2.24, 2.45) is 0 Å². The lowest BCUT2D eigenvalue weighted by atomic mass is 9.81. The lowest BCUT2D eigenvalue weighted by molar-refractivity contribution is 0.592. The predicted molar refractivity (Wildman–Crippen MR) is 176 cm³/mol. The van der Waals surface area contributed by atoms with Gasteiger partial charge in [-0.1, -0.05) is 135 Å². The lowest BCUT2D eigenvalue weighted by Gasteiger charge is -2.23. The van der Waals surface area contributed by atoms with Crippen LogP contribution < -0.4 is 15.9 Å². The standard InChI is InChI=1S/C39H29OP/c1-39(2)37-20-12-11-19-32(37)36-24-34-30-18-10-9-17-29(30)31-22-21-28(23-33(31)35(34)25-38(36)39)41(40,26-13-5-3-6-14-26)27-15-7-4-8-16-27/h3-25H,1-2H3. The Labute approximate surface area is 240 Å². The Bertz CT molecular complexity index is 2150. The number of rotatable bonds is 3. The topological polar surface area (TPSA) is 17.1 Å². The Kier molecular flexibility index (Phi) is 5.21. The summed E-state index contributed by atoms with van der Waals surface area (Å²) in [5.41, 5.74) is 5.27. The second-order valence-electron chi connectivity index (χ2n) is 11.7. The molecular formula is C39H29OP. The summed E-state index contributed by atoms with van der Waals surface area (Å²) >= 11 is 0. The first kappa shape index (κ1) is 24.4. The normalized spacial score (nSPS) is 13.9. The van der Waals surface area contributed by atoms with E-state index in [0.717, 1.165) is 21.3 Å². The van der Waals surface area contributed by atoms with Crippen molar-refractivity contribution in [3.05, 3.63) is 151 Å². The van der Waals surface area contributed by atoms with Gasteiger partial charge in [0.1, 0.15) is 0 Å². The third kappa shape index (κ3) is 3.40. The van der Waals surface area contributed by atoms with Crippen molar-refractivity contribution in [1.29, 1.82) is 0 Å². The van der Waals surface area contributed by atoms with Gasteiger partial charge in [0, 0.05) is 21.3 Å². The van der Waals surface area contributed by atoms with E-state index in [2.05, 4.69) is 92.7 Å². The molecule has 0 saturated carbocycles. The average molecular weight is 545 g/mol. The van der Waals surface area contributed by atoms with E-state index in [-0.39, 0.29) is 5.41 Å². The van der Waals surface area contributed by atoms with E-state index in [9.17, 15) is 0 Å².